The summed E-state index contributed by atoms with van der Waals surface area (Å²) in [7, 11) is 0. The van der Waals surface area contributed by atoms with E-state index in [1.54, 1.807) is 44.2 Å². The maximum Gasteiger partial charge on any atom is 0.338 e. The SMILES string of the molecule is CCOC(=O)C1=C(C)Nc2nc(-c3ccc(F)cc3)nn2C1c1ccccc1F. The van der Waals surface area contributed by atoms with Crippen LogP contribution < -0.4 is 5.32 Å². The van der Waals surface area contributed by atoms with E-state index in [2.05, 4.69) is 15.4 Å². The van der Waals surface area contributed by atoms with Gasteiger partial charge < -0.3 is 10.1 Å². The summed E-state index contributed by atoms with van der Waals surface area (Å²) in [4.78, 5) is 17.1. The van der Waals surface area contributed by atoms with Crippen LogP contribution in [0.2, 0.25) is 0 Å². The number of hydrogen-bond acceptors (Lipinski definition) is 5. The zero-order chi connectivity index (χ0) is 20.5. The number of aromatic nitrogens is 3. The molecule has 0 amide bonds. The van der Waals surface area contributed by atoms with Gasteiger partial charge in [-0.1, -0.05) is 18.2 Å². The number of fused-ring (bicyclic) bond motifs is 1. The molecule has 1 unspecified atom stereocenters. The standard InChI is InChI=1S/C21H18F2N4O2/c1-3-29-20(28)17-12(2)24-21-25-19(13-8-10-14(22)11-9-13)26-27(21)18(17)15-6-4-5-7-16(15)23/h4-11,18H,3H2,1-2H3,(H,24,25,26). The minimum Gasteiger partial charge on any atom is -0.463 e. The summed E-state index contributed by atoms with van der Waals surface area (Å²) < 4.78 is 34.6. The lowest BCUT2D eigenvalue weighted by molar-refractivity contribution is -0.139. The Kier molecular flexibility index (Phi) is 4.84. The van der Waals surface area contributed by atoms with Gasteiger partial charge in [0.05, 0.1) is 12.2 Å². The van der Waals surface area contributed by atoms with Gasteiger partial charge in [-0.25, -0.2) is 18.3 Å². The molecule has 2 heterocycles. The number of rotatable bonds is 4. The van der Waals surface area contributed by atoms with Gasteiger partial charge in [0.1, 0.15) is 17.7 Å². The molecule has 0 aliphatic carbocycles. The van der Waals surface area contributed by atoms with E-state index in [0.29, 0.717) is 23.0 Å². The molecule has 0 saturated heterocycles. The van der Waals surface area contributed by atoms with E-state index in [4.69, 9.17) is 4.74 Å². The smallest absolute Gasteiger partial charge is 0.338 e. The molecule has 3 aromatic rings. The van der Waals surface area contributed by atoms with Crippen LogP contribution in [0.3, 0.4) is 0 Å². The van der Waals surface area contributed by atoms with Crippen molar-refractivity contribution in [1.82, 2.24) is 14.8 Å². The fraction of sp³-hybridized carbons (Fsp3) is 0.190. The van der Waals surface area contributed by atoms with Gasteiger partial charge in [-0.05, 0) is 44.2 Å². The first-order chi connectivity index (χ1) is 14.0. The van der Waals surface area contributed by atoms with Crippen molar-refractivity contribution in [3.63, 3.8) is 0 Å². The molecule has 1 aliphatic rings. The summed E-state index contributed by atoms with van der Waals surface area (Å²) >= 11 is 0. The summed E-state index contributed by atoms with van der Waals surface area (Å²) in [5.41, 5.74) is 1.62. The van der Waals surface area contributed by atoms with Crippen molar-refractivity contribution >= 4 is 11.9 Å². The minimum atomic E-state index is -0.854. The highest BCUT2D eigenvalue weighted by atomic mass is 19.1. The predicted molar refractivity (Wildman–Crippen MR) is 103 cm³/mol. The van der Waals surface area contributed by atoms with Crippen LogP contribution in [0.5, 0.6) is 0 Å². The number of halogens is 2. The Morgan fingerprint density at radius 3 is 2.59 bits per heavy atom. The highest BCUT2D eigenvalue weighted by molar-refractivity contribution is 5.92. The number of ether oxygens (including phenoxy) is 1. The molecular weight excluding hydrogens is 378 g/mol. The van der Waals surface area contributed by atoms with Gasteiger partial charge in [-0.15, -0.1) is 5.10 Å². The van der Waals surface area contributed by atoms with Crippen LogP contribution in [0, 0.1) is 11.6 Å². The number of nitrogens with one attached hydrogen (secondary N) is 1. The number of esters is 1. The number of hydrogen-bond donors (Lipinski definition) is 1. The lowest BCUT2D eigenvalue weighted by Crippen LogP contribution is -2.30. The molecular formula is C21H18F2N4O2. The lowest BCUT2D eigenvalue weighted by atomic mass is 9.95. The summed E-state index contributed by atoms with van der Waals surface area (Å²) in [6.07, 6.45) is 0. The number of carbonyl (C=O) groups is 1. The van der Waals surface area contributed by atoms with E-state index >= 15 is 0 Å². The highest BCUT2D eigenvalue weighted by Gasteiger charge is 2.36. The van der Waals surface area contributed by atoms with Crippen LogP contribution in [-0.2, 0) is 9.53 Å². The second-order valence-corrected chi connectivity index (χ2v) is 6.52. The van der Waals surface area contributed by atoms with Gasteiger partial charge in [0.25, 0.3) is 0 Å². The van der Waals surface area contributed by atoms with Crippen molar-refractivity contribution in [2.45, 2.75) is 19.9 Å². The summed E-state index contributed by atoms with van der Waals surface area (Å²) in [6, 6.07) is 11.1. The molecule has 0 radical (unpaired) electrons. The quantitative estimate of drug-likeness (QED) is 0.673. The largest absolute Gasteiger partial charge is 0.463 e. The van der Waals surface area contributed by atoms with E-state index in [1.165, 1.54) is 22.9 Å². The Labute approximate surface area is 165 Å². The maximum atomic E-state index is 14.7. The molecule has 1 N–H and O–H groups in total. The third kappa shape index (κ3) is 3.37. The Bertz CT molecular complexity index is 1110. The fourth-order valence-corrected chi connectivity index (χ4v) is 3.33. The third-order valence-corrected chi connectivity index (χ3v) is 4.65. The molecule has 8 heteroatoms. The van der Waals surface area contributed by atoms with Crippen LogP contribution in [0.4, 0.5) is 14.7 Å². The Morgan fingerprint density at radius 1 is 1.17 bits per heavy atom. The Hall–Kier alpha value is -3.55. The van der Waals surface area contributed by atoms with Crippen molar-refractivity contribution < 1.29 is 18.3 Å². The van der Waals surface area contributed by atoms with Gasteiger partial charge in [-0.3, -0.25) is 0 Å². The molecule has 0 bridgehead atoms. The van der Waals surface area contributed by atoms with E-state index < -0.39 is 17.8 Å². The molecule has 148 valence electrons. The van der Waals surface area contributed by atoms with E-state index in [0.717, 1.165) is 0 Å². The first-order valence-corrected chi connectivity index (χ1v) is 9.11. The van der Waals surface area contributed by atoms with Crippen LogP contribution in [-0.4, -0.2) is 27.3 Å². The Balaban J connectivity index is 1.88. The van der Waals surface area contributed by atoms with Gasteiger partial charge in [0.2, 0.25) is 5.95 Å². The zero-order valence-electron chi connectivity index (χ0n) is 15.8. The van der Waals surface area contributed by atoms with Crippen LogP contribution in [0.15, 0.2) is 59.8 Å². The van der Waals surface area contributed by atoms with Crippen LogP contribution >= 0.6 is 0 Å². The monoisotopic (exact) mass is 396 g/mol. The molecule has 0 saturated carbocycles. The zero-order valence-corrected chi connectivity index (χ0v) is 15.8. The number of carbonyl (C=O) groups excluding carboxylic acids is 1. The number of nitrogens with zero attached hydrogens (tertiary/aromatic N) is 3. The second kappa shape index (κ2) is 7.46. The molecule has 0 fully saturated rings. The normalized spacial score (nSPS) is 15.7. The average molecular weight is 396 g/mol. The average Bonchev–Trinajstić information content (AvgIpc) is 3.11. The maximum absolute atomic E-state index is 14.7. The predicted octanol–water partition coefficient (Wildman–Crippen LogP) is 4.08. The highest BCUT2D eigenvalue weighted by Crippen LogP contribution is 2.37. The summed E-state index contributed by atoms with van der Waals surface area (Å²) in [5, 5.41) is 7.53. The molecule has 6 nitrogen and oxygen atoms in total. The molecule has 1 aromatic heterocycles. The summed E-state index contributed by atoms with van der Waals surface area (Å²) in [5.74, 6) is -0.730. The third-order valence-electron chi connectivity index (χ3n) is 4.65. The molecule has 29 heavy (non-hydrogen) atoms. The number of benzene rings is 2. The molecule has 4 rings (SSSR count). The first-order valence-electron chi connectivity index (χ1n) is 9.11. The van der Waals surface area contributed by atoms with Crippen molar-refractivity contribution in [2.75, 3.05) is 11.9 Å². The van der Waals surface area contributed by atoms with Gasteiger partial charge >= 0.3 is 5.97 Å². The van der Waals surface area contributed by atoms with Crippen molar-refractivity contribution in [2.24, 2.45) is 0 Å². The number of anilines is 1. The van der Waals surface area contributed by atoms with E-state index in [1.807, 2.05) is 0 Å². The van der Waals surface area contributed by atoms with Crippen LogP contribution in [0.1, 0.15) is 25.5 Å². The minimum absolute atomic E-state index is 0.185. The summed E-state index contributed by atoms with van der Waals surface area (Å²) in [6.45, 7) is 3.59. The number of allylic oxidation sites excluding steroid dienone is 1. The van der Waals surface area contributed by atoms with Gasteiger partial charge in [0.15, 0.2) is 5.82 Å². The second-order valence-electron chi connectivity index (χ2n) is 6.52. The topological polar surface area (TPSA) is 69.0 Å². The molecule has 1 aliphatic heterocycles. The van der Waals surface area contributed by atoms with Crippen molar-refractivity contribution in [1.29, 1.82) is 0 Å². The molecule has 1 atom stereocenters. The van der Waals surface area contributed by atoms with Crippen molar-refractivity contribution in [3.05, 3.63) is 77.0 Å². The van der Waals surface area contributed by atoms with Crippen molar-refractivity contribution in [3.8, 4) is 11.4 Å². The fourth-order valence-electron chi connectivity index (χ4n) is 3.33. The van der Waals surface area contributed by atoms with E-state index in [-0.39, 0.29) is 23.6 Å². The van der Waals surface area contributed by atoms with E-state index in [9.17, 15) is 13.6 Å². The van der Waals surface area contributed by atoms with Gasteiger partial charge in [-0.2, -0.15) is 4.98 Å². The Morgan fingerprint density at radius 2 is 1.90 bits per heavy atom. The van der Waals surface area contributed by atoms with Crippen LogP contribution in [0.25, 0.3) is 11.4 Å². The van der Waals surface area contributed by atoms with Gasteiger partial charge in [0, 0.05) is 16.8 Å². The molecule has 0 spiro atoms. The first kappa shape index (κ1) is 18.8. The molecule has 2 aromatic carbocycles. The lowest BCUT2D eigenvalue weighted by Gasteiger charge is -2.28.